The van der Waals surface area contributed by atoms with Crippen molar-refractivity contribution in [3.63, 3.8) is 0 Å². The van der Waals surface area contributed by atoms with Gasteiger partial charge in [-0.2, -0.15) is 23.0 Å². The van der Waals surface area contributed by atoms with Crippen molar-refractivity contribution >= 4 is 28.2 Å². The van der Waals surface area contributed by atoms with Crippen LogP contribution >= 0.6 is 0 Å². The van der Waals surface area contributed by atoms with E-state index in [4.69, 9.17) is 0 Å². The quantitative estimate of drug-likeness (QED) is 0.491. The first-order valence-corrected chi connectivity index (χ1v) is 7.54. The van der Waals surface area contributed by atoms with Crippen LogP contribution in [0.15, 0.2) is 36.4 Å². The average Bonchev–Trinajstić information content (AvgIpc) is 2.96. The molecule has 3 aromatic rings. The number of rotatable bonds is 3. The second-order valence-corrected chi connectivity index (χ2v) is 5.78. The molecule has 1 aromatic heterocycles. The van der Waals surface area contributed by atoms with Gasteiger partial charge in [0.2, 0.25) is 0 Å². The van der Waals surface area contributed by atoms with Crippen LogP contribution in [0.4, 0.5) is 24.5 Å². The highest BCUT2D eigenvalue weighted by molar-refractivity contribution is 6.02. The van der Waals surface area contributed by atoms with E-state index in [1.165, 1.54) is 19.1 Å². The summed E-state index contributed by atoms with van der Waals surface area (Å²) in [5, 5.41) is 26.2. The number of carbonyl (C=O) groups excluding carboxylic acids is 1. The summed E-state index contributed by atoms with van der Waals surface area (Å²) in [6.45, 7) is 1.51. The summed E-state index contributed by atoms with van der Waals surface area (Å²) < 4.78 is 39.8. The number of benzene rings is 2. The van der Waals surface area contributed by atoms with E-state index in [-0.39, 0.29) is 11.2 Å². The molecule has 0 fully saturated rings. The van der Waals surface area contributed by atoms with Crippen molar-refractivity contribution in [1.82, 2.24) is 9.78 Å². The topological polar surface area (TPSA) is 121 Å². The third-order valence-corrected chi connectivity index (χ3v) is 3.96. The van der Waals surface area contributed by atoms with E-state index in [0.29, 0.717) is 34.0 Å². The van der Waals surface area contributed by atoms with Crippen LogP contribution in [0.2, 0.25) is 0 Å². The molecule has 0 bridgehead atoms. The first-order valence-electron chi connectivity index (χ1n) is 7.54. The summed E-state index contributed by atoms with van der Waals surface area (Å²) >= 11 is 0. The lowest BCUT2D eigenvalue weighted by Crippen LogP contribution is -2.16. The van der Waals surface area contributed by atoms with Crippen LogP contribution in [-0.4, -0.2) is 25.5 Å². The maximum absolute atomic E-state index is 13.0. The first-order chi connectivity index (χ1) is 13.0. The number of non-ortho nitro benzene ring substituents is 2. The molecule has 1 heterocycles. The molecule has 28 heavy (non-hydrogen) atoms. The Kier molecular flexibility index (Phi) is 4.33. The molecule has 0 amide bonds. The number of aromatic nitrogens is 2. The van der Waals surface area contributed by atoms with Gasteiger partial charge < -0.3 is 0 Å². The number of hydrogen-bond acceptors (Lipinski definition) is 6. The van der Waals surface area contributed by atoms with Crippen molar-refractivity contribution in [3.8, 4) is 0 Å². The van der Waals surface area contributed by atoms with Gasteiger partial charge in [-0.05, 0) is 19.1 Å². The van der Waals surface area contributed by atoms with Crippen LogP contribution in [-0.2, 0) is 6.18 Å². The smallest absolute Gasteiger partial charge is 0.267 e. The number of aryl methyl sites for hydroxylation is 1. The maximum atomic E-state index is 13.0. The van der Waals surface area contributed by atoms with Crippen molar-refractivity contribution in [2.75, 3.05) is 0 Å². The van der Waals surface area contributed by atoms with Crippen LogP contribution in [0.3, 0.4) is 0 Å². The number of nitro groups is 2. The summed E-state index contributed by atoms with van der Waals surface area (Å²) in [5.41, 5.74) is -2.97. The zero-order chi connectivity index (χ0) is 20.8. The molecule has 0 aliphatic heterocycles. The molecule has 12 heteroatoms. The van der Waals surface area contributed by atoms with Gasteiger partial charge in [0, 0.05) is 35.2 Å². The van der Waals surface area contributed by atoms with E-state index < -0.39 is 38.7 Å². The molecule has 0 unspecified atom stereocenters. The molecule has 3 rings (SSSR count). The molecule has 0 saturated heterocycles. The highest BCUT2D eigenvalue weighted by Gasteiger charge is 2.34. The maximum Gasteiger partial charge on any atom is 0.416 e. The lowest BCUT2D eigenvalue weighted by atomic mass is 10.1. The van der Waals surface area contributed by atoms with Crippen molar-refractivity contribution in [2.24, 2.45) is 0 Å². The van der Waals surface area contributed by atoms with Crippen LogP contribution in [0.25, 0.3) is 10.9 Å². The van der Waals surface area contributed by atoms with Gasteiger partial charge in [-0.3, -0.25) is 25.0 Å². The van der Waals surface area contributed by atoms with Crippen LogP contribution in [0, 0.1) is 27.2 Å². The normalized spacial score (nSPS) is 11.6. The van der Waals surface area contributed by atoms with Gasteiger partial charge in [-0.15, -0.1) is 0 Å². The number of hydrogen-bond donors (Lipinski definition) is 0. The minimum atomic E-state index is -4.91. The van der Waals surface area contributed by atoms with Gasteiger partial charge in [-0.25, -0.2) is 0 Å². The van der Waals surface area contributed by atoms with E-state index >= 15 is 0 Å². The minimum Gasteiger partial charge on any atom is -0.267 e. The minimum absolute atomic E-state index is 0.00300. The van der Waals surface area contributed by atoms with Crippen molar-refractivity contribution < 1.29 is 27.8 Å². The summed E-state index contributed by atoms with van der Waals surface area (Å²) in [6.07, 6.45) is -4.91. The number of carbonyl (C=O) groups is 1. The van der Waals surface area contributed by atoms with Gasteiger partial charge in [0.1, 0.15) is 0 Å². The fraction of sp³-hybridized carbons (Fsp3) is 0.125. The van der Waals surface area contributed by atoms with E-state index in [9.17, 15) is 38.2 Å². The molecule has 0 atom stereocenters. The second-order valence-electron chi connectivity index (χ2n) is 5.78. The molecule has 2 aromatic carbocycles. The van der Waals surface area contributed by atoms with Crippen molar-refractivity contribution in [1.29, 1.82) is 0 Å². The standard InChI is InChI=1S/C16H9F3N4O5/c1-8-13-3-2-11(22(25)26)7-14(13)21(20-8)15(24)9-4-10(16(17,18)19)6-12(5-9)23(27)28/h2-7H,1H3. The molecule has 0 N–H and O–H groups in total. The number of nitrogens with zero attached hydrogens (tertiary/aromatic N) is 4. The summed E-state index contributed by atoms with van der Waals surface area (Å²) in [6, 6.07) is 5.08. The zero-order valence-electron chi connectivity index (χ0n) is 13.9. The molecule has 0 spiro atoms. The van der Waals surface area contributed by atoms with E-state index in [1.807, 2.05) is 0 Å². The van der Waals surface area contributed by atoms with Crippen molar-refractivity contribution in [3.05, 3.63) is 73.4 Å². The SMILES string of the molecule is Cc1nn(C(=O)c2cc([N+](=O)[O-])cc(C(F)(F)F)c2)c2cc([N+](=O)[O-])ccc12. The Balaban J connectivity index is 2.22. The molecule has 9 nitrogen and oxygen atoms in total. The predicted octanol–water partition coefficient (Wildman–Crippen LogP) is 3.87. The third kappa shape index (κ3) is 3.26. The monoisotopic (exact) mass is 394 g/mol. The van der Waals surface area contributed by atoms with E-state index in [0.717, 1.165) is 6.07 Å². The van der Waals surface area contributed by atoms with Gasteiger partial charge in [0.25, 0.3) is 17.3 Å². The van der Waals surface area contributed by atoms with Crippen LogP contribution in [0.5, 0.6) is 0 Å². The van der Waals surface area contributed by atoms with Gasteiger partial charge >= 0.3 is 6.18 Å². The van der Waals surface area contributed by atoms with Crippen molar-refractivity contribution in [2.45, 2.75) is 13.1 Å². The van der Waals surface area contributed by atoms with Crippen LogP contribution in [0.1, 0.15) is 21.6 Å². The predicted molar refractivity (Wildman–Crippen MR) is 89.0 cm³/mol. The van der Waals surface area contributed by atoms with Crippen LogP contribution < -0.4 is 0 Å². The lowest BCUT2D eigenvalue weighted by Gasteiger charge is -2.09. The number of alkyl halides is 3. The Bertz CT molecular complexity index is 1150. The molecular formula is C16H9F3N4O5. The number of nitro benzene ring substituents is 2. The average molecular weight is 394 g/mol. The Labute approximate surface area is 153 Å². The Morgan fingerprint density at radius 3 is 2.25 bits per heavy atom. The third-order valence-electron chi connectivity index (χ3n) is 3.96. The number of fused-ring (bicyclic) bond motifs is 1. The Morgan fingerprint density at radius 2 is 1.68 bits per heavy atom. The van der Waals surface area contributed by atoms with E-state index in [2.05, 4.69) is 5.10 Å². The first kappa shape index (κ1) is 18.9. The molecule has 144 valence electrons. The fourth-order valence-corrected chi connectivity index (χ4v) is 2.65. The highest BCUT2D eigenvalue weighted by Crippen LogP contribution is 2.33. The molecular weight excluding hydrogens is 385 g/mol. The van der Waals surface area contributed by atoms with Gasteiger partial charge in [0.15, 0.2) is 0 Å². The molecule has 0 aliphatic carbocycles. The molecule has 0 saturated carbocycles. The molecule has 0 aliphatic rings. The molecule has 0 radical (unpaired) electrons. The largest absolute Gasteiger partial charge is 0.416 e. The summed E-state index contributed by atoms with van der Waals surface area (Å²) in [7, 11) is 0. The fourth-order valence-electron chi connectivity index (χ4n) is 2.65. The summed E-state index contributed by atoms with van der Waals surface area (Å²) in [5.74, 6) is -1.09. The number of halogens is 3. The highest BCUT2D eigenvalue weighted by atomic mass is 19.4. The second kappa shape index (κ2) is 6.40. The Hall–Kier alpha value is -3.83. The van der Waals surface area contributed by atoms with Gasteiger partial charge in [0.05, 0.1) is 26.6 Å². The van der Waals surface area contributed by atoms with Gasteiger partial charge in [-0.1, -0.05) is 0 Å². The lowest BCUT2D eigenvalue weighted by molar-refractivity contribution is -0.385. The summed E-state index contributed by atoms with van der Waals surface area (Å²) in [4.78, 5) is 32.9. The zero-order valence-corrected chi connectivity index (χ0v) is 13.9. The Morgan fingerprint density at radius 1 is 1.04 bits per heavy atom. The van der Waals surface area contributed by atoms with E-state index in [1.54, 1.807) is 0 Å².